The van der Waals surface area contributed by atoms with Crippen molar-refractivity contribution in [3.63, 3.8) is 0 Å². The summed E-state index contributed by atoms with van der Waals surface area (Å²) < 4.78 is 56.1. The van der Waals surface area contributed by atoms with Crippen LogP contribution in [0.4, 0.5) is 23.2 Å². The van der Waals surface area contributed by atoms with E-state index < -0.39 is 35.1 Å². The van der Waals surface area contributed by atoms with Crippen LogP contribution >= 0.6 is 0 Å². The second kappa shape index (κ2) is 6.15. The summed E-state index contributed by atoms with van der Waals surface area (Å²) in [6.45, 7) is -0.677. The van der Waals surface area contributed by atoms with E-state index in [-0.39, 0.29) is 19.8 Å². The lowest BCUT2D eigenvalue weighted by atomic mass is 10.3. The fraction of sp³-hybridized carbons (Fsp3) is 0.333. The monoisotopic (exact) mass is 267 g/mol. The van der Waals surface area contributed by atoms with E-state index in [0.29, 0.717) is 0 Å². The number of hydrogen-bond acceptors (Lipinski definition) is 4. The minimum absolute atomic E-state index is 0.132. The molecule has 0 aliphatic heterocycles. The number of nitrogens with zero attached hydrogens (tertiary/aromatic N) is 1. The SMILES string of the molecule is NC(=O)COCCNc1c(F)c(F)nc(F)c1F. The van der Waals surface area contributed by atoms with Gasteiger partial charge in [0.1, 0.15) is 12.3 Å². The zero-order valence-corrected chi connectivity index (χ0v) is 8.97. The number of anilines is 1. The predicted molar refractivity (Wildman–Crippen MR) is 52.6 cm³/mol. The quantitative estimate of drug-likeness (QED) is 0.448. The van der Waals surface area contributed by atoms with E-state index in [1.54, 1.807) is 0 Å². The summed E-state index contributed by atoms with van der Waals surface area (Å²) in [4.78, 5) is 12.7. The first kappa shape index (κ1) is 14.2. The molecule has 0 unspecified atom stereocenters. The Bertz CT molecular complexity index is 430. The first-order valence-corrected chi connectivity index (χ1v) is 4.73. The number of aromatic nitrogens is 1. The van der Waals surface area contributed by atoms with E-state index in [4.69, 9.17) is 5.73 Å². The fourth-order valence-electron chi connectivity index (χ4n) is 1.06. The summed E-state index contributed by atoms with van der Waals surface area (Å²) >= 11 is 0. The van der Waals surface area contributed by atoms with Gasteiger partial charge in [0.25, 0.3) is 11.9 Å². The minimum atomic E-state index is -1.76. The van der Waals surface area contributed by atoms with Gasteiger partial charge in [-0.15, -0.1) is 0 Å². The van der Waals surface area contributed by atoms with Gasteiger partial charge in [-0.05, 0) is 0 Å². The van der Waals surface area contributed by atoms with Crippen molar-refractivity contribution >= 4 is 11.6 Å². The van der Waals surface area contributed by atoms with Crippen LogP contribution in [-0.2, 0) is 9.53 Å². The highest BCUT2D eigenvalue weighted by Gasteiger charge is 2.20. The molecule has 18 heavy (non-hydrogen) atoms. The summed E-state index contributed by atoms with van der Waals surface area (Å²) in [6.07, 6.45) is 0. The average molecular weight is 267 g/mol. The molecule has 0 spiro atoms. The van der Waals surface area contributed by atoms with Crippen LogP contribution in [0.2, 0.25) is 0 Å². The van der Waals surface area contributed by atoms with E-state index in [1.807, 2.05) is 0 Å². The van der Waals surface area contributed by atoms with Gasteiger partial charge in [-0.1, -0.05) is 0 Å². The molecule has 1 heterocycles. The predicted octanol–water partition coefficient (Wildman–Crippen LogP) is 0.552. The molecule has 0 saturated heterocycles. The molecule has 0 radical (unpaired) electrons. The molecule has 9 heteroatoms. The van der Waals surface area contributed by atoms with Crippen molar-refractivity contribution in [1.82, 2.24) is 4.98 Å². The fourth-order valence-corrected chi connectivity index (χ4v) is 1.06. The van der Waals surface area contributed by atoms with Gasteiger partial charge in [-0.25, -0.2) is 0 Å². The Labute approximate surface area is 98.9 Å². The highest BCUT2D eigenvalue weighted by molar-refractivity contribution is 5.74. The third kappa shape index (κ3) is 3.55. The summed E-state index contributed by atoms with van der Waals surface area (Å²) in [5, 5.41) is 2.09. The highest BCUT2D eigenvalue weighted by Crippen LogP contribution is 2.21. The molecule has 0 aliphatic carbocycles. The molecule has 1 rings (SSSR count). The molecule has 0 bridgehead atoms. The number of carbonyl (C=O) groups is 1. The van der Waals surface area contributed by atoms with Crippen molar-refractivity contribution in [3.8, 4) is 0 Å². The van der Waals surface area contributed by atoms with Crippen molar-refractivity contribution in [2.24, 2.45) is 5.73 Å². The van der Waals surface area contributed by atoms with Gasteiger partial charge in [-0.2, -0.15) is 22.5 Å². The van der Waals surface area contributed by atoms with Crippen molar-refractivity contribution in [3.05, 3.63) is 23.5 Å². The first-order chi connectivity index (χ1) is 8.43. The van der Waals surface area contributed by atoms with Crippen LogP contribution in [0.15, 0.2) is 0 Å². The summed E-state index contributed by atoms with van der Waals surface area (Å²) in [5.41, 5.74) is 3.78. The van der Waals surface area contributed by atoms with Crippen molar-refractivity contribution < 1.29 is 27.1 Å². The zero-order chi connectivity index (χ0) is 13.7. The Morgan fingerprint density at radius 1 is 1.22 bits per heavy atom. The lowest BCUT2D eigenvalue weighted by Gasteiger charge is -2.09. The van der Waals surface area contributed by atoms with Gasteiger partial charge in [0, 0.05) is 6.54 Å². The summed E-state index contributed by atoms with van der Waals surface area (Å²) in [7, 11) is 0. The van der Waals surface area contributed by atoms with E-state index in [9.17, 15) is 22.4 Å². The van der Waals surface area contributed by atoms with Crippen LogP contribution in [0.1, 0.15) is 0 Å². The van der Waals surface area contributed by atoms with Crippen LogP contribution in [0.25, 0.3) is 0 Å². The van der Waals surface area contributed by atoms with E-state index in [2.05, 4.69) is 15.0 Å². The highest BCUT2D eigenvalue weighted by atomic mass is 19.2. The molecule has 3 N–H and O–H groups in total. The number of halogens is 4. The summed E-state index contributed by atoms with van der Waals surface area (Å²) in [6, 6.07) is 0. The Morgan fingerprint density at radius 2 is 1.78 bits per heavy atom. The molecule has 100 valence electrons. The zero-order valence-electron chi connectivity index (χ0n) is 8.97. The number of rotatable bonds is 6. The van der Waals surface area contributed by atoms with Gasteiger partial charge in [0.15, 0.2) is 0 Å². The van der Waals surface area contributed by atoms with Gasteiger partial charge >= 0.3 is 0 Å². The van der Waals surface area contributed by atoms with Crippen LogP contribution < -0.4 is 11.1 Å². The normalized spacial score (nSPS) is 10.4. The standard InChI is InChI=1S/C9H9F4N3O2/c10-5-7(6(11)9(13)16-8(5)12)15-1-2-18-3-4(14)17/h1-3H2,(H2,14,17)(H,15,16). The average Bonchev–Trinajstić information content (AvgIpc) is 2.30. The van der Waals surface area contributed by atoms with Crippen molar-refractivity contribution in [2.75, 3.05) is 25.1 Å². The lowest BCUT2D eigenvalue weighted by Crippen LogP contribution is -2.21. The molecule has 0 fully saturated rings. The number of primary amides is 1. The molecule has 0 saturated carbocycles. The minimum Gasteiger partial charge on any atom is -0.378 e. The summed E-state index contributed by atoms with van der Waals surface area (Å²) in [5.74, 6) is -7.50. The maximum absolute atomic E-state index is 13.1. The van der Waals surface area contributed by atoms with Gasteiger partial charge < -0.3 is 15.8 Å². The number of nitrogens with one attached hydrogen (secondary N) is 1. The van der Waals surface area contributed by atoms with E-state index in [1.165, 1.54) is 0 Å². The first-order valence-electron chi connectivity index (χ1n) is 4.73. The molecular weight excluding hydrogens is 258 g/mol. The van der Waals surface area contributed by atoms with Gasteiger partial charge in [0.05, 0.1) is 6.61 Å². The Morgan fingerprint density at radius 3 is 2.28 bits per heavy atom. The molecular formula is C9H9F4N3O2. The Kier molecular flexibility index (Phi) is 4.84. The molecule has 5 nitrogen and oxygen atoms in total. The van der Waals surface area contributed by atoms with Crippen LogP contribution in [0, 0.1) is 23.5 Å². The number of amides is 1. The molecule has 1 amide bonds. The lowest BCUT2D eigenvalue weighted by molar-refractivity contribution is -0.122. The smallest absolute Gasteiger partial charge is 0.253 e. The second-order valence-electron chi connectivity index (χ2n) is 3.14. The number of hydrogen-bond donors (Lipinski definition) is 2. The van der Waals surface area contributed by atoms with E-state index in [0.717, 1.165) is 0 Å². The van der Waals surface area contributed by atoms with Crippen molar-refractivity contribution in [2.45, 2.75) is 0 Å². The van der Waals surface area contributed by atoms with Crippen LogP contribution in [-0.4, -0.2) is 30.6 Å². The molecule has 0 atom stereocenters. The Balaban J connectivity index is 2.59. The Hall–Kier alpha value is -1.90. The molecule has 0 aliphatic rings. The topological polar surface area (TPSA) is 77.2 Å². The van der Waals surface area contributed by atoms with Crippen LogP contribution in [0.5, 0.6) is 0 Å². The van der Waals surface area contributed by atoms with Crippen LogP contribution in [0.3, 0.4) is 0 Å². The van der Waals surface area contributed by atoms with E-state index >= 15 is 0 Å². The largest absolute Gasteiger partial charge is 0.378 e. The maximum Gasteiger partial charge on any atom is 0.253 e. The third-order valence-electron chi connectivity index (χ3n) is 1.79. The second-order valence-corrected chi connectivity index (χ2v) is 3.14. The third-order valence-corrected chi connectivity index (χ3v) is 1.79. The maximum atomic E-state index is 13.1. The van der Waals surface area contributed by atoms with Crippen molar-refractivity contribution in [1.29, 1.82) is 0 Å². The number of carbonyl (C=O) groups excluding carboxylic acids is 1. The molecule has 1 aromatic rings. The number of pyridine rings is 1. The number of ether oxygens (including phenoxy) is 1. The van der Waals surface area contributed by atoms with Gasteiger partial charge in [0.2, 0.25) is 17.5 Å². The molecule has 0 aromatic carbocycles. The van der Waals surface area contributed by atoms with Gasteiger partial charge in [-0.3, -0.25) is 4.79 Å². The molecule has 1 aromatic heterocycles. The number of nitrogens with two attached hydrogens (primary N) is 1.